The zero-order valence-corrected chi connectivity index (χ0v) is 8.76. The van der Waals surface area contributed by atoms with E-state index >= 15 is 0 Å². The van der Waals surface area contributed by atoms with E-state index in [4.69, 9.17) is 5.73 Å². The second kappa shape index (κ2) is 3.95. The van der Waals surface area contributed by atoms with Gasteiger partial charge in [-0.2, -0.15) is 0 Å². The van der Waals surface area contributed by atoms with E-state index in [1.54, 1.807) is 0 Å². The fourth-order valence-electron chi connectivity index (χ4n) is 1.06. The lowest BCUT2D eigenvalue weighted by Gasteiger charge is -2.03. The molecule has 1 aromatic rings. The molecule has 0 unspecified atom stereocenters. The fraction of sp³-hybridized carbons (Fsp3) is 0.333. The first-order valence-corrected chi connectivity index (χ1v) is 4.86. The first-order chi connectivity index (χ1) is 5.24. The van der Waals surface area contributed by atoms with Gasteiger partial charge in [0.25, 0.3) is 0 Å². The van der Waals surface area contributed by atoms with E-state index in [0.717, 1.165) is 18.5 Å². The molecular weight excluding hydrogens is 249 g/mol. The number of nitrogen functional groups attached to an aromatic ring is 1. The summed E-state index contributed by atoms with van der Waals surface area (Å²) in [5.74, 6) is 0. The summed E-state index contributed by atoms with van der Waals surface area (Å²) < 4.78 is 1.26. The van der Waals surface area contributed by atoms with E-state index in [1.807, 2.05) is 12.1 Å². The van der Waals surface area contributed by atoms with Gasteiger partial charge in [0.15, 0.2) is 0 Å². The van der Waals surface area contributed by atoms with Crippen molar-refractivity contribution in [2.45, 2.75) is 19.8 Å². The van der Waals surface area contributed by atoms with Crippen LogP contribution in [0.15, 0.2) is 18.2 Å². The number of hydrogen-bond acceptors (Lipinski definition) is 1. The fourth-order valence-corrected chi connectivity index (χ4v) is 1.62. The lowest BCUT2D eigenvalue weighted by atomic mass is 10.1. The zero-order chi connectivity index (χ0) is 8.27. The average molecular weight is 261 g/mol. The van der Waals surface area contributed by atoms with Crippen LogP contribution in [0.5, 0.6) is 0 Å². The first kappa shape index (κ1) is 8.84. The minimum Gasteiger partial charge on any atom is -0.399 e. The minimum absolute atomic E-state index is 0.923. The van der Waals surface area contributed by atoms with Crippen LogP contribution in [0.1, 0.15) is 18.9 Å². The van der Waals surface area contributed by atoms with Crippen molar-refractivity contribution >= 4 is 28.3 Å². The molecule has 0 bridgehead atoms. The molecule has 0 aliphatic carbocycles. The molecule has 0 saturated carbocycles. The second-order valence-electron chi connectivity index (χ2n) is 2.59. The van der Waals surface area contributed by atoms with Crippen molar-refractivity contribution in [2.24, 2.45) is 0 Å². The van der Waals surface area contributed by atoms with Crippen LogP contribution < -0.4 is 5.73 Å². The van der Waals surface area contributed by atoms with E-state index < -0.39 is 0 Å². The smallest absolute Gasteiger partial charge is 0.0347 e. The molecule has 0 amide bonds. The Hall–Kier alpha value is -0.250. The predicted octanol–water partition coefficient (Wildman–Crippen LogP) is 2.83. The molecule has 60 valence electrons. The topological polar surface area (TPSA) is 26.0 Å². The van der Waals surface area contributed by atoms with Gasteiger partial charge in [0.1, 0.15) is 0 Å². The third-order valence-corrected chi connectivity index (χ3v) is 2.30. The molecule has 0 spiro atoms. The van der Waals surface area contributed by atoms with Crippen molar-refractivity contribution in [3.63, 3.8) is 0 Å². The van der Waals surface area contributed by atoms with Gasteiger partial charge < -0.3 is 5.73 Å². The van der Waals surface area contributed by atoms with Crippen molar-refractivity contribution in [3.8, 4) is 0 Å². The highest BCUT2D eigenvalue weighted by atomic mass is 127. The molecule has 0 heterocycles. The molecule has 0 aliphatic rings. The van der Waals surface area contributed by atoms with Crippen molar-refractivity contribution < 1.29 is 0 Å². The quantitative estimate of drug-likeness (QED) is 0.643. The summed E-state index contributed by atoms with van der Waals surface area (Å²) in [6.45, 7) is 2.17. The SMILES string of the molecule is CCCc1cc(I)ccc1N. The van der Waals surface area contributed by atoms with Crippen LogP contribution in [-0.4, -0.2) is 0 Å². The Morgan fingerprint density at radius 2 is 2.18 bits per heavy atom. The van der Waals surface area contributed by atoms with Crippen LogP contribution in [0.4, 0.5) is 5.69 Å². The highest BCUT2D eigenvalue weighted by Crippen LogP contribution is 2.16. The number of aryl methyl sites for hydroxylation is 1. The standard InChI is InChI=1S/C9H12IN/c1-2-3-7-6-8(10)4-5-9(7)11/h4-6H,2-3,11H2,1H3. The lowest BCUT2D eigenvalue weighted by molar-refractivity contribution is 0.923. The number of nitrogens with two attached hydrogens (primary N) is 1. The maximum atomic E-state index is 5.77. The third kappa shape index (κ3) is 2.36. The van der Waals surface area contributed by atoms with Crippen molar-refractivity contribution in [3.05, 3.63) is 27.3 Å². The van der Waals surface area contributed by atoms with E-state index in [0.29, 0.717) is 0 Å². The monoisotopic (exact) mass is 261 g/mol. The van der Waals surface area contributed by atoms with Gasteiger partial charge in [-0.1, -0.05) is 13.3 Å². The highest BCUT2D eigenvalue weighted by Gasteiger charge is 1.97. The Labute approximate surface area is 81.1 Å². The summed E-state index contributed by atoms with van der Waals surface area (Å²) in [6.07, 6.45) is 2.24. The molecule has 0 atom stereocenters. The molecule has 11 heavy (non-hydrogen) atoms. The molecule has 0 fully saturated rings. The number of rotatable bonds is 2. The molecular formula is C9H12IN. The van der Waals surface area contributed by atoms with Gasteiger partial charge in [0.2, 0.25) is 0 Å². The van der Waals surface area contributed by atoms with Gasteiger partial charge in [-0.25, -0.2) is 0 Å². The molecule has 1 nitrogen and oxygen atoms in total. The molecule has 1 rings (SSSR count). The van der Waals surface area contributed by atoms with Gasteiger partial charge in [0.05, 0.1) is 0 Å². The van der Waals surface area contributed by atoms with Crippen LogP contribution in [0.2, 0.25) is 0 Å². The summed E-state index contributed by atoms with van der Waals surface area (Å²) in [4.78, 5) is 0. The molecule has 0 aliphatic heterocycles. The van der Waals surface area contributed by atoms with Crippen molar-refractivity contribution in [1.29, 1.82) is 0 Å². The lowest BCUT2D eigenvalue weighted by Crippen LogP contribution is -1.93. The maximum absolute atomic E-state index is 5.77. The summed E-state index contributed by atoms with van der Waals surface area (Å²) in [5, 5.41) is 0. The number of anilines is 1. The van der Waals surface area contributed by atoms with Crippen LogP contribution in [0, 0.1) is 3.57 Å². The minimum atomic E-state index is 0.923. The third-order valence-electron chi connectivity index (χ3n) is 1.62. The Bertz CT molecular complexity index is 245. The first-order valence-electron chi connectivity index (χ1n) is 3.78. The van der Waals surface area contributed by atoms with Crippen LogP contribution in [0.25, 0.3) is 0 Å². The second-order valence-corrected chi connectivity index (χ2v) is 3.84. The normalized spacial score (nSPS) is 10.0. The number of benzene rings is 1. The largest absolute Gasteiger partial charge is 0.399 e. The summed E-state index contributed by atoms with van der Waals surface area (Å²) in [7, 11) is 0. The van der Waals surface area contributed by atoms with Crippen LogP contribution in [0.3, 0.4) is 0 Å². The number of hydrogen-bond donors (Lipinski definition) is 1. The predicted molar refractivity (Wildman–Crippen MR) is 57.6 cm³/mol. The summed E-state index contributed by atoms with van der Waals surface area (Å²) in [5.41, 5.74) is 7.97. The number of halogens is 1. The van der Waals surface area contributed by atoms with Crippen molar-refractivity contribution in [2.75, 3.05) is 5.73 Å². The van der Waals surface area contributed by atoms with Crippen LogP contribution in [-0.2, 0) is 6.42 Å². The Kier molecular flexibility index (Phi) is 3.17. The Morgan fingerprint density at radius 1 is 1.45 bits per heavy atom. The highest BCUT2D eigenvalue weighted by molar-refractivity contribution is 14.1. The molecule has 2 N–H and O–H groups in total. The molecule has 0 aromatic heterocycles. The molecule has 0 saturated heterocycles. The van der Waals surface area contributed by atoms with Gasteiger partial charge in [-0.05, 0) is 52.8 Å². The van der Waals surface area contributed by atoms with E-state index in [9.17, 15) is 0 Å². The molecule has 0 radical (unpaired) electrons. The summed E-state index contributed by atoms with van der Waals surface area (Å²) >= 11 is 2.31. The maximum Gasteiger partial charge on any atom is 0.0347 e. The van der Waals surface area contributed by atoms with Gasteiger partial charge in [0, 0.05) is 9.26 Å². The van der Waals surface area contributed by atoms with Gasteiger partial charge in [-0.3, -0.25) is 0 Å². The van der Waals surface area contributed by atoms with E-state index in [1.165, 1.54) is 9.13 Å². The summed E-state index contributed by atoms with van der Waals surface area (Å²) in [6, 6.07) is 6.17. The zero-order valence-electron chi connectivity index (χ0n) is 6.60. The van der Waals surface area contributed by atoms with Gasteiger partial charge in [-0.15, -0.1) is 0 Å². The Morgan fingerprint density at radius 3 is 2.82 bits per heavy atom. The van der Waals surface area contributed by atoms with Gasteiger partial charge >= 0.3 is 0 Å². The van der Waals surface area contributed by atoms with Crippen LogP contribution >= 0.6 is 22.6 Å². The molecule has 1 aromatic carbocycles. The van der Waals surface area contributed by atoms with Crippen molar-refractivity contribution in [1.82, 2.24) is 0 Å². The van der Waals surface area contributed by atoms with E-state index in [2.05, 4.69) is 35.6 Å². The van der Waals surface area contributed by atoms with E-state index in [-0.39, 0.29) is 0 Å². The molecule has 2 heteroatoms. The average Bonchev–Trinajstić information content (AvgIpc) is 1.98. The Balaban J connectivity index is 2.93.